The maximum absolute atomic E-state index is 12.8. The van der Waals surface area contributed by atoms with Crippen molar-refractivity contribution in [2.24, 2.45) is 10.9 Å². The summed E-state index contributed by atoms with van der Waals surface area (Å²) in [7, 11) is 1.70. The summed E-state index contributed by atoms with van der Waals surface area (Å²) in [6, 6.07) is 13.4. The standard InChI is InChI=1S/C18H20FN3O2/c1-13-5-3-4-6-15(13)11-22(2)17(23)12-24-21-18(20)14-7-9-16(19)10-8-14/h3-10H,11-12H2,1-2H3,(H2,20,21). The van der Waals surface area contributed by atoms with Gasteiger partial charge in [-0.3, -0.25) is 4.79 Å². The number of aryl methyl sites for hydroxylation is 1. The molecule has 2 aromatic rings. The number of hydrogen-bond donors (Lipinski definition) is 1. The third-order valence-corrected chi connectivity index (χ3v) is 3.59. The second-order valence-corrected chi connectivity index (χ2v) is 5.43. The van der Waals surface area contributed by atoms with Crippen molar-refractivity contribution in [3.05, 3.63) is 71.0 Å². The molecule has 2 N–H and O–H groups in total. The fraction of sp³-hybridized carbons (Fsp3) is 0.222. The summed E-state index contributed by atoms with van der Waals surface area (Å²) < 4.78 is 12.8. The van der Waals surface area contributed by atoms with Gasteiger partial charge in [-0.1, -0.05) is 29.4 Å². The van der Waals surface area contributed by atoms with Gasteiger partial charge >= 0.3 is 0 Å². The molecule has 2 rings (SSSR count). The van der Waals surface area contributed by atoms with E-state index in [2.05, 4.69) is 5.16 Å². The molecule has 2 aromatic carbocycles. The third kappa shape index (κ3) is 4.81. The van der Waals surface area contributed by atoms with Crippen LogP contribution >= 0.6 is 0 Å². The Bertz CT molecular complexity index is 729. The number of halogens is 1. The molecule has 0 saturated heterocycles. The number of amides is 1. The molecule has 24 heavy (non-hydrogen) atoms. The van der Waals surface area contributed by atoms with Crippen LogP contribution in [-0.4, -0.2) is 30.3 Å². The van der Waals surface area contributed by atoms with Gasteiger partial charge in [0.1, 0.15) is 5.82 Å². The SMILES string of the molecule is Cc1ccccc1CN(C)C(=O)CO/N=C(\N)c1ccc(F)cc1. The van der Waals surface area contributed by atoms with Gasteiger partial charge in [0.05, 0.1) is 0 Å². The monoisotopic (exact) mass is 329 g/mol. The molecule has 5 nitrogen and oxygen atoms in total. The fourth-order valence-corrected chi connectivity index (χ4v) is 2.07. The molecule has 0 aliphatic carbocycles. The van der Waals surface area contributed by atoms with E-state index in [1.165, 1.54) is 24.3 Å². The zero-order valence-corrected chi connectivity index (χ0v) is 13.7. The lowest BCUT2D eigenvalue weighted by Gasteiger charge is -2.17. The number of carbonyl (C=O) groups is 1. The maximum Gasteiger partial charge on any atom is 0.263 e. The molecular formula is C18H20FN3O2. The van der Waals surface area contributed by atoms with Crippen LogP contribution in [0, 0.1) is 12.7 Å². The fourth-order valence-electron chi connectivity index (χ4n) is 2.07. The van der Waals surface area contributed by atoms with Gasteiger partial charge in [-0.25, -0.2) is 4.39 Å². The summed E-state index contributed by atoms with van der Waals surface area (Å²) in [5.41, 5.74) is 8.45. The molecule has 6 heteroatoms. The Morgan fingerprint density at radius 1 is 1.21 bits per heavy atom. The number of carbonyl (C=O) groups excluding carboxylic acids is 1. The highest BCUT2D eigenvalue weighted by atomic mass is 19.1. The molecule has 0 heterocycles. The van der Waals surface area contributed by atoms with Crippen molar-refractivity contribution in [2.45, 2.75) is 13.5 Å². The molecule has 0 bridgehead atoms. The van der Waals surface area contributed by atoms with Gasteiger partial charge in [-0.2, -0.15) is 0 Å². The first-order valence-electron chi connectivity index (χ1n) is 7.47. The molecule has 0 saturated carbocycles. The van der Waals surface area contributed by atoms with E-state index >= 15 is 0 Å². The molecule has 0 radical (unpaired) electrons. The molecule has 126 valence electrons. The Morgan fingerprint density at radius 3 is 2.54 bits per heavy atom. The van der Waals surface area contributed by atoms with E-state index in [0.29, 0.717) is 12.1 Å². The van der Waals surface area contributed by atoms with Gasteiger partial charge in [-0.05, 0) is 42.3 Å². The van der Waals surface area contributed by atoms with Crippen molar-refractivity contribution in [3.63, 3.8) is 0 Å². The van der Waals surface area contributed by atoms with E-state index in [9.17, 15) is 9.18 Å². The summed E-state index contributed by atoms with van der Waals surface area (Å²) in [6.07, 6.45) is 0. The largest absolute Gasteiger partial charge is 0.384 e. The van der Waals surface area contributed by atoms with Gasteiger partial charge in [0.2, 0.25) is 0 Å². The zero-order valence-electron chi connectivity index (χ0n) is 13.7. The van der Waals surface area contributed by atoms with Crippen LogP contribution in [0.2, 0.25) is 0 Å². The second-order valence-electron chi connectivity index (χ2n) is 5.43. The average Bonchev–Trinajstić information content (AvgIpc) is 2.57. The number of amidine groups is 1. The minimum atomic E-state index is -0.361. The zero-order chi connectivity index (χ0) is 17.5. The summed E-state index contributed by atoms with van der Waals surface area (Å²) in [5.74, 6) is -0.487. The topological polar surface area (TPSA) is 67.9 Å². The van der Waals surface area contributed by atoms with Gasteiger partial charge in [-0.15, -0.1) is 0 Å². The predicted molar refractivity (Wildman–Crippen MR) is 90.7 cm³/mol. The number of hydrogen-bond acceptors (Lipinski definition) is 3. The van der Waals surface area contributed by atoms with Crippen LogP contribution in [0.15, 0.2) is 53.7 Å². The van der Waals surface area contributed by atoms with E-state index in [1.807, 2.05) is 31.2 Å². The van der Waals surface area contributed by atoms with E-state index in [-0.39, 0.29) is 24.2 Å². The van der Waals surface area contributed by atoms with Crippen molar-refractivity contribution in [1.82, 2.24) is 4.90 Å². The van der Waals surface area contributed by atoms with Crippen molar-refractivity contribution in [2.75, 3.05) is 13.7 Å². The molecule has 0 spiro atoms. The van der Waals surface area contributed by atoms with Crippen molar-refractivity contribution in [3.8, 4) is 0 Å². The van der Waals surface area contributed by atoms with Crippen LogP contribution in [0.4, 0.5) is 4.39 Å². The van der Waals surface area contributed by atoms with Crippen molar-refractivity contribution >= 4 is 11.7 Å². The van der Waals surface area contributed by atoms with E-state index in [4.69, 9.17) is 10.6 Å². The highest BCUT2D eigenvalue weighted by molar-refractivity contribution is 5.97. The Balaban J connectivity index is 1.87. The van der Waals surface area contributed by atoms with Crippen LogP contribution in [-0.2, 0) is 16.2 Å². The van der Waals surface area contributed by atoms with E-state index in [0.717, 1.165) is 11.1 Å². The lowest BCUT2D eigenvalue weighted by Crippen LogP contribution is -2.30. The molecule has 0 fully saturated rings. The summed E-state index contributed by atoms with van der Waals surface area (Å²) in [6.45, 7) is 2.27. The molecule has 0 aromatic heterocycles. The van der Waals surface area contributed by atoms with E-state index in [1.54, 1.807) is 11.9 Å². The number of nitrogens with zero attached hydrogens (tertiary/aromatic N) is 2. The van der Waals surface area contributed by atoms with Crippen molar-refractivity contribution in [1.29, 1.82) is 0 Å². The number of benzene rings is 2. The van der Waals surface area contributed by atoms with Crippen LogP contribution in [0.5, 0.6) is 0 Å². The molecule has 0 unspecified atom stereocenters. The smallest absolute Gasteiger partial charge is 0.263 e. The highest BCUT2D eigenvalue weighted by Gasteiger charge is 2.11. The molecule has 0 aliphatic heterocycles. The number of nitrogens with two attached hydrogens (primary N) is 1. The molecular weight excluding hydrogens is 309 g/mol. The molecule has 1 amide bonds. The Kier molecular flexibility index (Phi) is 5.89. The normalized spacial score (nSPS) is 11.2. The van der Waals surface area contributed by atoms with Crippen LogP contribution in [0.3, 0.4) is 0 Å². The Hall–Kier alpha value is -2.89. The van der Waals surface area contributed by atoms with Gasteiger partial charge < -0.3 is 15.5 Å². The highest BCUT2D eigenvalue weighted by Crippen LogP contribution is 2.09. The van der Waals surface area contributed by atoms with Gasteiger partial charge in [0.25, 0.3) is 5.91 Å². The first-order valence-corrected chi connectivity index (χ1v) is 7.47. The number of oxime groups is 1. The summed E-state index contributed by atoms with van der Waals surface area (Å²) in [4.78, 5) is 18.6. The Labute approximate surface area is 140 Å². The molecule has 0 atom stereocenters. The first-order chi connectivity index (χ1) is 11.5. The summed E-state index contributed by atoms with van der Waals surface area (Å²) in [5, 5.41) is 3.70. The van der Waals surface area contributed by atoms with Gasteiger partial charge in [0.15, 0.2) is 12.4 Å². The average molecular weight is 329 g/mol. The quantitative estimate of drug-likeness (QED) is 0.503. The first kappa shape index (κ1) is 17.5. The third-order valence-electron chi connectivity index (χ3n) is 3.59. The predicted octanol–water partition coefficient (Wildman–Crippen LogP) is 2.43. The lowest BCUT2D eigenvalue weighted by atomic mass is 10.1. The van der Waals surface area contributed by atoms with Crippen LogP contribution < -0.4 is 5.73 Å². The maximum atomic E-state index is 12.8. The summed E-state index contributed by atoms with van der Waals surface area (Å²) >= 11 is 0. The molecule has 0 aliphatic rings. The van der Waals surface area contributed by atoms with E-state index < -0.39 is 0 Å². The number of likely N-dealkylation sites (N-methyl/N-ethyl adjacent to an activating group) is 1. The minimum absolute atomic E-state index is 0.0874. The second kappa shape index (κ2) is 8.10. The Morgan fingerprint density at radius 2 is 1.88 bits per heavy atom. The van der Waals surface area contributed by atoms with Crippen LogP contribution in [0.25, 0.3) is 0 Å². The lowest BCUT2D eigenvalue weighted by molar-refractivity contribution is -0.135. The van der Waals surface area contributed by atoms with Gasteiger partial charge in [0, 0.05) is 19.2 Å². The van der Waals surface area contributed by atoms with Crippen LogP contribution in [0.1, 0.15) is 16.7 Å². The minimum Gasteiger partial charge on any atom is -0.384 e. The number of rotatable bonds is 6. The van der Waals surface area contributed by atoms with Crippen molar-refractivity contribution < 1.29 is 14.0 Å².